The Kier molecular flexibility index (Phi) is 4.21. The predicted octanol–water partition coefficient (Wildman–Crippen LogP) is 4.76. The van der Waals surface area contributed by atoms with Gasteiger partial charge in [0.1, 0.15) is 5.52 Å². The molecule has 0 aliphatic heterocycles. The number of rotatable bonds is 3. The average Bonchev–Trinajstić information content (AvgIpc) is 3.18. The van der Waals surface area contributed by atoms with E-state index in [1.807, 2.05) is 48.5 Å². The summed E-state index contributed by atoms with van der Waals surface area (Å²) < 4.78 is 10.2. The minimum absolute atomic E-state index is 0.195. The van der Waals surface area contributed by atoms with Crippen LogP contribution in [0.1, 0.15) is 6.92 Å². The Morgan fingerprint density at radius 1 is 1.13 bits per heavy atom. The maximum absolute atomic E-state index is 12.5. The lowest BCUT2D eigenvalue weighted by Crippen LogP contribution is -2.10. The van der Waals surface area contributed by atoms with Crippen LogP contribution in [-0.2, 0) is 4.74 Å². The van der Waals surface area contributed by atoms with E-state index >= 15 is 0 Å². The zero-order valence-electron chi connectivity index (χ0n) is 16.1. The highest BCUT2D eigenvalue weighted by Crippen LogP contribution is 2.34. The number of hydrogen-bond acceptors (Lipinski definition) is 5. The van der Waals surface area contributed by atoms with E-state index in [9.17, 15) is 9.59 Å². The second-order valence-corrected chi connectivity index (χ2v) is 6.78. The van der Waals surface area contributed by atoms with Crippen molar-refractivity contribution >= 4 is 38.9 Å². The van der Waals surface area contributed by atoms with E-state index in [4.69, 9.17) is 9.47 Å². The van der Waals surface area contributed by atoms with Gasteiger partial charge in [-0.25, -0.2) is 4.79 Å². The first kappa shape index (κ1) is 17.9. The number of benzene rings is 2. The topological polar surface area (TPSA) is 97.1 Å². The molecule has 2 N–H and O–H groups in total. The molecule has 0 radical (unpaired) electrons. The molecule has 0 spiro atoms. The van der Waals surface area contributed by atoms with Crippen LogP contribution in [0.2, 0.25) is 0 Å². The van der Waals surface area contributed by atoms with Crippen LogP contribution in [-0.4, -0.2) is 27.7 Å². The van der Waals surface area contributed by atoms with Crippen molar-refractivity contribution in [1.82, 2.24) is 15.0 Å². The van der Waals surface area contributed by atoms with E-state index in [2.05, 4.69) is 15.0 Å². The number of pyridine rings is 2. The lowest BCUT2D eigenvalue weighted by molar-refractivity contribution is 0.105. The van der Waals surface area contributed by atoms with Crippen LogP contribution in [0.15, 0.2) is 65.7 Å². The Hall–Kier alpha value is -4.13. The van der Waals surface area contributed by atoms with Crippen molar-refractivity contribution in [2.45, 2.75) is 6.92 Å². The summed E-state index contributed by atoms with van der Waals surface area (Å²) in [5.41, 5.74) is 3.46. The zero-order valence-corrected chi connectivity index (χ0v) is 16.1. The molecule has 0 aliphatic carbocycles. The van der Waals surface area contributed by atoms with Crippen LogP contribution in [0.25, 0.3) is 43.8 Å². The van der Waals surface area contributed by atoms with Crippen molar-refractivity contribution < 1.29 is 14.3 Å². The molecule has 7 heteroatoms. The fourth-order valence-electron chi connectivity index (χ4n) is 3.72. The standard InChI is InChI=1S/C23H17N3O4/c1-2-29-23(28)30-18-12-25-21-19(18)16-11-14(8-9-17(16)26-22(21)27)15-7-3-5-13-6-4-10-24-20(13)15/h3-12,25H,2H2,1H3,(H,26,27). The van der Waals surface area contributed by atoms with Crippen LogP contribution >= 0.6 is 0 Å². The lowest BCUT2D eigenvalue weighted by atomic mass is 9.99. The molecule has 0 amide bonds. The summed E-state index contributed by atoms with van der Waals surface area (Å²) in [6.45, 7) is 1.89. The van der Waals surface area contributed by atoms with Gasteiger partial charge in [0.25, 0.3) is 5.56 Å². The van der Waals surface area contributed by atoms with Crippen LogP contribution in [0.5, 0.6) is 5.75 Å². The smallest absolute Gasteiger partial charge is 0.434 e. The van der Waals surface area contributed by atoms with Gasteiger partial charge in [0.15, 0.2) is 5.75 Å². The highest BCUT2D eigenvalue weighted by Gasteiger charge is 2.17. The fraction of sp³-hybridized carbons (Fsp3) is 0.0870. The molecule has 0 bridgehead atoms. The Bertz CT molecular complexity index is 1480. The molecule has 30 heavy (non-hydrogen) atoms. The SMILES string of the molecule is CCOC(=O)Oc1c[nH]c2c(=O)[nH]c3ccc(-c4cccc5cccnc45)cc3c12. The molecule has 0 atom stereocenters. The van der Waals surface area contributed by atoms with Crippen LogP contribution in [0, 0.1) is 0 Å². The summed E-state index contributed by atoms with van der Waals surface area (Å²) in [5.74, 6) is 0.243. The molecule has 3 heterocycles. The van der Waals surface area contributed by atoms with Gasteiger partial charge in [0.05, 0.1) is 17.5 Å². The van der Waals surface area contributed by atoms with Gasteiger partial charge < -0.3 is 19.4 Å². The number of carbonyl (C=O) groups excluding carboxylic acids is 1. The number of fused-ring (bicyclic) bond motifs is 4. The first-order valence-corrected chi connectivity index (χ1v) is 9.51. The number of ether oxygens (including phenoxy) is 2. The van der Waals surface area contributed by atoms with Gasteiger partial charge >= 0.3 is 6.16 Å². The molecule has 2 aromatic carbocycles. The van der Waals surface area contributed by atoms with Crippen molar-refractivity contribution in [1.29, 1.82) is 0 Å². The molecule has 3 aromatic heterocycles. The minimum Gasteiger partial charge on any atom is -0.434 e. The Balaban J connectivity index is 1.76. The second kappa shape index (κ2) is 7.04. The number of nitrogens with one attached hydrogen (secondary N) is 2. The number of H-pyrrole nitrogens is 2. The third kappa shape index (κ3) is 2.88. The highest BCUT2D eigenvalue weighted by atomic mass is 16.7. The summed E-state index contributed by atoms with van der Waals surface area (Å²) in [6.07, 6.45) is 2.43. The van der Waals surface area contributed by atoms with E-state index < -0.39 is 6.16 Å². The summed E-state index contributed by atoms with van der Waals surface area (Å²) in [5, 5.41) is 2.31. The molecule has 5 rings (SSSR count). The molecule has 148 valence electrons. The van der Waals surface area contributed by atoms with Crippen LogP contribution < -0.4 is 10.3 Å². The maximum Gasteiger partial charge on any atom is 0.513 e. The third-order valence-corrected chi connectivity index (χ3v) is 5.01. The molecule has 5 aromatic rings. The van der Waals surface area contributed by atoms with Crippen molar-refractivity contribution in [2.75, 3.05) is 6.61 Å². The van der Waals surface area contributed by atoms with Gasteiger partial charge in [-0.15, -0.1) is 0 Å². The fourth-order valence-corrected chi connectivity index (χ4v) is 3.72. The monoisotopic (exact) mass is 399 g/mol. The molecule has 0 saturated heterocycles. The van der Waals surface area contributed by atoms with Gasteiger partial charge in [0, 0.05) is 34.2 Å². The highest BCUT2D eigenvalue weighted by molar-refractivity contribution is 6.10. The molecule has 7 nitrogen and oxygen atoms in total. The van der Waals surface area contributed by atoms with Crippen LogP contribution in [0.4, 0.5) is 4.79 Å². The summed E-state index contributed by atoms with van der Waals surface area (Å²) >= 11 is 0. The quantitative estimate of drug-likeness (QED) is 0.426. The molecule has 0 fully saturated rings. The summed E-state index contributed by atoms with van der Waals surface area (Å²) in [4.78, 5) is 34.6. The van der Waals surface area contributed by atoms with Crippen molar-refractivity contribution in [2.24, 2.45) is 0 Å². The van der Waals surface area contributed by atoms with E-state index in [-0.39, 0.29) is 17.9 Å². The number of aromatic nitrogens is 3. The third-order valence-electron chi connectivity index (χ3n) is 5.01. The number of aromatic amines is 2. The number of hydrogen-bond donors (Lipinski definition) is 2. The van der Waals surface area contributed by atoms with Gasteiger partial charge in [-0.05, 0) is 30.7 Å². The number of para-hydroxylation sites is 1. The minimum atomic E-state index is -0.818. The first-order valence-electron chi connectivity index (χ1n) is 9.51. The zero-order chi connectivity index (χ0) is 20.7. The van der Waals surface area contributed by atoms with Gasteiger partial charge in [-0.3, -0.25) is 9.78 Å². The lowest BCUT2D eigenvalue weighted by Gasteiger charge is -2.09. The maximum atomic E-state index is 12.5. The van der Waals surface area contributed by atoms with E-state index in [0.717, 1.165) is 27.4 Å². The van der Waals surface area contributed by atoms with Crippen molar-refractivity contribution in [3.63, 3.8) is 0 Å². The largest absolute Gasteiger partial charge is 0.513 e. The van der Waals surface area contributed by atoms with Gasteiger partial charge in [-0.1, -0.05) is 30.3 Å². The van der Waals surface area contributed by atoms with Crippen LogP contribution in [0.3, 0.4) is 0 Å². The van der Waals surface area contributed by atoms with Gasteiger partial charge in [0.2, 0.25) is 0 Å². The normalized spacial score (nSPS) is 11.2. The molecular weight excluding hydrogens is 382 g/mol. The second-order valence-electron chi connectivity index (χ2n) is 6.78. The Morgan fingerprint density at radius 3 is 2.87 bits per heavy atom. The molecule has 0 saturated carbocycles. The number of nitrogens with zero attached hydrogens (tertiary/aromatic N) is 1. The molecule has 0 aliphatic rings. The first-order chi connectivity index (χ1) is 14.7. The van der Waals surface area contributed by atoms with Crippen molar-refractivity contribution in [3.05, 3.63) is 71.3 Å². The van der Waals surface area contributed by atoms with Crippen molar-refractivity contribution in [3.8, 4) is 16.9 Å². The number of carbonyl (C=O) groups is 1. The Labute approximate surface area is 170 Å². The van der Waals surface area contributed by atoms with Gasteiger partial charge in [-0.2, -0.15) is 0 Å². The summed E-state index contributed by atoms with van der Waals surface area (Å²) in [7, 11) is 0. The van der Waals surface area contributed by atoms with E-state index in [0.29, 0.717) is 16.4 Å². The Morgan fingerprint density at radius 2 is 2.00 bits per heavy atom. The molecule has 0 unspecified atom stereocenters. The molecular formula is C23H17N3O4. The summed E-state index contributed by atoms with van der Waals surface area (Å²) in [6, 6.07) is 15.7. The average molecular weight is 399 g/mol. The van der Waals surface area contributed by atoms with E-state index in [1.165, 1.54) is 6.20 Å². The van der Waals surface area contributed by atoms with E-state index in [1.54, 1.807) is 13.1 Å². The predicted molar refractivity (Wildman–Crippen MR) is 115 cm³/mol.